The average Bonchev–Trinajstić information content (AvgIpc) is 3.14. The monoisotopic (exact) mass is 399 g/mol. The molecule has 1 aliphatic heterocycles. The number of ether oxygens (including phenoxy) is 2. The van der Waals surface area contributed by atoms with Crippen LogP contribution in [0.25, 0.3) is 11.3 Å². The van der Waals surface area contributed by atoms with E-state index in [0.29, 0.717) is 6.61 Å². The van der Waals surface area contributed by atoms with E-state index in [1.54, 1.807) is 0 Å². The predicted molar refractivity (Wildman–Crippen MR) is 119 cm³/mol. The Hall–Kier alpha value is -2.01. The molecule has 0 amide bonds. The second-order valence-corrected chi connectivity index (χ2v) is 8.08. The number of aromatic nitrogens is 2. The van der Waals surface area contributed by atoms with Crippen LogP contribution in [0, 0.1) is 0 Å². The van der Waals surface area contributed by atoms with E-state index in [4.69, 9.17) is 9.47 Å². The van der Waals surface area contributed by atoms with Crippen LogP contribution in [0.5, 0.6) is 11.5 Å². The maximum Gasteiger partial charge on any atom is 0.161 e. The van der Waals surface area contributed by atoms with Crippen molar-refractivity contribution in [3.63, 3.8) is 0 Å². The molecule has 1 aromatic carbocycles. The Bertz CT molecular complexity index is 757. The average molecular weight is 400 g/mol. The van der Waals surface area contributed by atoms with Crippen molar-refractivity contribution >= 4 is 0 Å². The number of nitrogens with one attached hydrogen (secondary N) is 1. The molecule has 160 valence electrons. The van der Waals surface area contributed by atoms with Gasteiger partial charge < -0.3 is 14.4 Å². The molecule has 0 atom stereocenters. The molecule has 5 heteroatoms. The molecule has 0 saturated heterocycles. The number of aromatic amines is 1. The molecule has 29 heavy (non-hydrogen) atoms. The van der Waals surface area contributed by atoms with Crippen LogP contribution in [0.15, 0.2) is 18.2 Å². The minimum Gasteiger partial charge on any atom is -0.490 e. The number of rotatable bonds is 12. The number of likely N-dealkylation sites (N-methyl/N-ethyl adjacent to an activating group) is 1. The van der Waals surface area contributed by atoms with Gasteiger partial charge in [-0.05, 0) is 38.6 Å². The standard InChI is InChI=1S/C24H37N3O2/c1-4-6-7-8-9-10-11-16-29-22-13-12-19(17-23(22)28-5-2)24-20-18-27(3)15-14-21(20)25-26-24/h12-13,17H,4-11,14-16,18H2,1-3H3,(H,25,26). The summed E-state index contributed by atoms with van der Waals surface area (Å²) >= 11 is 0. The highest BCUT2D eigenvalue weighted by Crippen LogP contribution is 2.35. The first-order chi connectivity index (χ1) is 14.2. The molecular weight excluding hydrogens is 362 g/mol. The highest BCUT2D eigenvalue weighted by molar-refractivity contribution is 5.68. The van der Waals surface area contributed by atoms with Crippen LogP contribution in [0.2, 0.25) is 0 Å². The highest BCUT2D eigenvalue weighted by Gasteiger charge is 2.21. The van der Waals surface area contributed by atoms with Gasteiger partial charge in [-0.3, -0.25) is 5.10 Å². The Kier molecular flexibility index (Phi) is 8.41. The van der Waals surface area contributed by atoms with Crippen LogP contribution < -0.4 is 9.47 Å². The van der Waals surface area contributed by atoms with Gasteiger partial charge in [0.15, 0.2) is 11.5 Å². The largest absolute Gasteiger partial charge is 0.490 e. The minimum absolute atomic E-state index is 0.624. The van der Waals surface area contributed by atoms with E-state index >= 15 is 0 Å². The number of benzene rings is 1. The van der Waals surface area contributed by atoms with Crippen molar-refractivity contribution in [3.8, 4) is 22.8 Å². The molecule has 0 fully saturated rings. The van der Waals surface area contributed by atoms with Crippen molar-refractivity contribution in [2.24, 2.45) is 0 Å². The molecular formula is C24H37N3O2. The number of unbranched alkanes of at least 4 members (excludes halogenated alkanes) is 6. The number of H-pyrrole nitrogens is 1. The summed E-state index contributed by atoms with van der Waals surface area (Å²) < 4.78 is 11.9. The third-order valence-electron chi connectivity index (χ3n) is 5.65. The van der Waals surface area contributed by atoms with E-state index in [1.165, 1.54) is 49.8 Å². The fourth-order valence-electron chi connectivity index (χ4n) is 3.95. The Morgan fingerprint density at radius 2 is 1.79 bits per heavy atom. The Morgan fingerprint density at radius 3 is 2.59 bits per heavy atom. The van der Waals surface area contributed by atoms with Crippen LogP contribution in [0.4, 0.5) is 0 Å². The lowest BCUT2D eigenvalue weighted by molar-refractivity contribution is 0.270. The van der Waals surface area contributed by atoms with Gasteiger partial charge in [0.25, 0.3) is 0 Å². The third kappa shape index (κ3) is 5.99. The van der Waals surface area contributed by atoms with Crippen molar-refractivity contribution in [2.45, 2.75) is 71.8 Å². The van der Waals surface area contributed by atoms with Gasteiger partial charge in [-0.15, -0.1) is 0 Å². The zero-order valence-electron chi connectivity index (χ0n) is 18.4. The van der Waals surface area contributed by atoms with E-state index in [9.17, 15) is 0 Å². The van der Waals surface area contributed by atoms with Gasteiger partial charge in [-0.1, -0.05) is 45.4 Å². The normalized spacial score (nSPS) is 14.0. The van der Waals surface area contributed by atoms with E-state index in [0.717, 1.165) is 55.3 Å². The quantitative estimate of drug-likeness (QED) is 0.473. The van der Waals surface area contributed by atoms with E-state index in [-0.39, 0.29) is 0 Å². The second-order valence-electron chi connectivity index (χ2n) is 8.08. The third-order valence-corrected chi connectivity index (χ3v) is 5.65. The van der Waals surface area contributed by atoms with Crippen LogP contribution in [-0.2, 0) is 13.0 Å². The molecule has 0 spiro atoms. The van der Waals surface area contributed by atoms with Crippen molar-refractivity contribution in [3.05, 3.63) is 29.5 Å². The maximum atomic E-state index is 6.06. The lowest BCUT2D eigenvalue weighted by atomic mass is 10.0. The molecule has 0 saturated carbocycles. The molecule has 0 radical (unpaired) electrons. The molecule has 1 aromatic heterocycles. The first-order valence-corrected chi connectivity index (χ1v) is 11.4. The fourth-order valence-corrected chi connectivity index (χ4v) is 3.95. The first-order valence-electron chi connectivity index (χ1n) is 11.4. The fraction of sp³-hybridized carbons (Fsp3) is 0.625. The van der Waals surface area contributed by atoms with E-state index in [2.05, 4.69) is 41.2 Å². The van der Waals surface area contributed by atoms with E-state index < -0.39 is 0 Å². The molecule has 1 N–H and O–H groups in total. The van der Waals surface area contributed by atoms with Crippen LogP contribution >= 0.6 is 0 Å². The van der Waals surface area contributed by atoms with Gasteiger partial charge in [0.05, 0.1) is 18.9 Å². The number of fused-ring (bicyclic) bond motifs is 1. The summed E-state index contributed by atoms with van der Waals surface area (Å²) in [6.45, 7) is 7.65. The lowest BCUT2D eigenvalue weighted by Crippen LogP contribution is -2.26. The van der Waals surface area contributed by atoms with Crippen molar-refractivity contribution in [1.82, 2.24) is 15.1 Å². The molecule has 2 heterocycles. The summed E-state index contributed by atoms with van der Waals surface area (Å²) in [5.41, 5.74) is 4.68. The van der Waals surface area contributed by atoms with Gasteiger partial charge in [-0.2, -0.15) is 5.10 Å². The van der Waals surface area contributed by atoms with Crippen LogP contribution in [-0.4, -0.2) is 41.9 Å². The SMILES string of the molecule is CCCCCCCCCOc1ccc(-c2n[nH]c3c2CN(C)CC3)cc1OCC. The second kappa shape index (κ2) is 11.2. The van der Waals surface area contributed by atoms with Gasteiger partial charge in [-0.25, -0.2) is 0 Å². The summed E-state index contributed by atoms with van der Waals surface area (Å²) in [5, 5.41) is 7.83. The van der Waals surface area contributed by atoms with Crippen LogP contribution in [0.1, 0.15) is 70.1 Å². The summed E-state index contributed by atoms with van der Waals surface area (Å²) in [7, 11) is 2.16. The zero-order chi connectivity index (χ0) is 20.5. The van der Waals surface area contributed by atoms with Gasteiger partial charge in [0.2, 0.25) is 0 Å². The number of nitrogens with zero attached hydrogens (tertiary/aromatic N) is 2. The Morgan fingerprint density at radius 1 is 1.00 bits per heavy atom. The van der Waals surface area contributed by atoms with Gasteiger partial charge >= 0.3 is 0 Å². The summed E-state index contributed by atoms with van der Waals surface area (Å²) in [6.07, 6.45) is 10.0. The molecule has 0 unspecified atom stereocenters. The smallest absolute Gasteiger partial charge is 0.161 e. The van der Waals surface area contributed by atoms with Gasteiger partial charge in [0, 0.05) is 36.3 Å². The van der Waals surface area contributed by atoms with E-state index in [1.807, 2.05) is 13.0 Å². The molecule has 5 nitrogen and oxygen atoms in total. The molecule has 2 aromatic rings. The van der Waals surface area contributed by atoms with Crippen LogP contribution in [0.3, 0.4) is 0 Å². The van der Waals surface area contributed by atoms with Crippen molar-refractivity contribution in [1.29, 1.82) is 0 Å². The summed E-state index contributed by atoms with van der Waals surface area (Å²) in [6, 6.07) is 6.22. The topological polar surface area (TPSA) is 50.4 Å². The lowest BCUT2D eigenvalue weighted by Gasteiger charge is -2.22. The first kappa shape index (κ1) is 21.7. The Labute approximate surface area is 175 Å². The molecule has 1 aliphatic rings. The van der Waals surface area contributed by atoms with Crippen molar-refractivity contribution in [2.75, 3.05) is 26.8 Å². The predicted octanol–water partition coefficient (Wildman–Crippen LogP) is 5.59. The summed E-state index contributed by atoms with van der Waals surface area (Å²) in [5.74, 6) is 1.65. The summed E-state index contributed by atoms with van der Waals surface area (Å²) in [4.78, 5) is 2.34. The molecule has 0 bridgehead atoms. The minimum atomic E-state index is 0.624. The number of hydrogen-bond donors (Lipinski definition) is 1. The van der Waals surface area contributed by atoms with Gasteiger partial charge in [0.1, 0.15) is 0 Å². The number of hydrogen-bond acceptors (Lipinski definition) is 4. The molecule has 0 aliphatic carbocycles. The molecule has 3 rings (SSSR count). The Balaban J connectivity index is 1.60. The van der Waals surface area contributed by atoms with Crippen molar-refractivity contribution < 1.29 is 9.47 Å². The zero-order valence-corrected chi connectivity index (χ0v) is 18.4. The highest BCUT2D eigenvalue weighted by atomic mass is 16.5. The maximum absolute atomic E-state index is 6.06.